The Morgan fingerprint density at radius 2 is 1.70 bits per heavy atom. The summed E-state index contributed by atoms with van der Waals surface area (Å²) < 4.78 is 13.1. The molecule has 0 aliphatic carbocycles. The molecule has 1 unspecified atom stereocenters. The molecule has 0 radical (unpaired) electrons. The van der Waals surface area contributed by atoms with Crippen molar-refractivity contribution in [3.05, 3.63) is 81.4 Å². The first kappa shape index (κ1) is 25.1. The summed E-state index contributed by atoms with van der Waals surface area (Å²) >= 11 is 0. The Hall–Kier alpha value is -2.48. The predicted octanol–water partition coefficient (Wildman–Crippen LogP) is 8.75. The average Bonchev–Trinajstić information content (AvgIpc) is 2.78. The Labute approximate surface area is 201 Å². The Morgan fingerprint density at radius 3 is 2.39 bits per heavy atom. The summed E-state index contributed by atoms with van der Waals surface area (Å²) in [5, 5.41) is 0. The van der Waals surface area contributed by atoms with Crippen molar-refractivity contribution in [2.45, 2.75) is 99.2 Å². The molecule has 1 atom stereocenters. The highest BCUT2D eigenvalue weighted by Crippen LogP contribution is 2.45. The Morgan fingerprint density at radius 1 is 0.970 bits per heavy atom. The third kappa shape index (κ3) is 6.53. The van der Waals surface area contributed by atoms with E-state index < -0.39 is 0 Å². The highest BCUT2D eigenvalue weighted by atomic mass is 16.5. The third-order valence-electron chi connectivity index (χ3n) is 7.05. The first-order valence-electron chi connectivity index (χ1n) is 12.5. The van der Waals surface area contributed by atoms with Crippen molar-refractivity contribution in [2.75, 3.05) is 0 Å². The molecule has 2 aromatic rings. The van der Waals surface area contributed by atoms with Crippen molar-refractivity contribution < 1.29 is 9.47 Å². The Kier molecular flexibility index (Phi) is 8.46. The molecule has 2 nitrogen and oxygen atoms in total. The van der Waals surface area contributed by atoms with Gasteiger partial charge in [-0.15, -0.1) is 0 Å². The van der Waals surface area contributed by atoms with E-state index >= 15 is 0 Å². The molecule has 2 heteroatoms. The maximum Gasteiger partial charge on any atom is 0.127 e. The largest absolute Gasteiger partial charge is 0.488 e. The smallest absolute Gasteiger partial charge is 0.127 e. The van der Waals surface area contributed by atoms with Crippen LogP contribution in [0, 0.1) is 20.8 Å². The van der Waals surface area contributed by atoms with Crippen LogP contribution in [-0.4, -0.2) is 5.60 Å². The number of ether oxygens (including phenoxy) is 2. The summed E-state index contributed by atoms with van der Waals surface area (Å²) in [6, 6.07) is 10.4. The second-order valence-corrected chi connectivity index (χ2v) is 10.2. The predicted molar refractivity (Wildman–Crippen MR) is 140 cm³/mol. The lowest BCUT2D eigenvalue weighted by atomic mass is 9.85. The molecular weight excluding hydrogens is 404 g/mol. The van der Waals surface area contributed by atoms with Crippen LogP contribution in [0.4, 0.5) is 0 Å². The van der Waals surface area contributed by atoms with Crippen LogP contribution in [0.25, 0.3) is 0 Å². The minimum absolute atomic E-state index is 0.111. The molecule has 2 aromatic carbocycles. The van der Waals surface area contributed by atoms with E-state index in [-0.39, 0.29) is 5.60 Å². The van der Waals surface area contributed by atoms with Gasteiger partial charge in [-0.3, -0.25) is 0 Å². The van der Waals surface area contributed by atoms with Crippen LogP contribution < -0.4 is 9.47 Å². The van der Waals surface area contributed by atoms with E-state index in [1.54, 1.807) is 0 Å². The Bertz CT molecular complexity index is 1010. The summed E-state index contributed by atoms with van der Waals surface area (Å²) in [6.07, 6.45) is 11.2. The average molecular weight is 447 g/mol. The second-order valence-electron chi connectivity index (χ2n) is 10.2. The number of fused-ring (bicyclic) bond motifs is 1. The van der Waals surface area contributed by atoms with Crippen LogP contribution >= 0.6 is 0 Å². The molecule has 178 valence electrons. The lowest BCUT2D eigenvalue weighted by molar-refractivity contribution is 0.0557. The quantitative estimate of drug-likeness (QED) is 0.358. The molecule has 0 aromatic heterocycles. The van der Waals surface area contributed by atoms with Gasteiger partial charge in [0.15, 0.2) is 0 Å². The topological polar surface area (TPSA) is 18.5 Å². The normalized spacial score (nSPS) is 17.8. The molecule has 33 heavy (non-hydrogen) atoms. The first-order valence-corrected chi connectivity index (χ1v) is 12.5. The standard InChI is InChI=1S/C31H42O2/c1-22(2)13-11-14-23(3)15-12-19-31(7)20-18-28-26(6)29(24(4)25(5)30(28)33-31)32-21-27-16-9-8-10-17-27/h8-10,13,15-17H,11-12,14,18-21H2,1-7H3. The van der Waals surface area contributed by atoms with Gasteiger partial charge in [0.25, 0.3) is 0 Å². The van der Waals surface area contributed by atoms with Gasteiger partial charge in [0.2, 0.25) is 0 Å². The van der Waals surface area contributed by atoms with Crippen molar-refractivity contribution in [1.82, 2.24) is 0 Å². The van der Waals surface area contributed by atoms with E-state index in [0.29, 0.717) is 6.61 Å². The molecule has 0 bridgehead atoms. The summed E-state index contributed by atoms with van der Waals surface area (Å²) in [7, 11) is 0. The molecule has 1 aliphatic rings. The van der Waals surface area contributed by atoms with Gasteiger partial charge in [0.05, 0.1) is 0 Å². The molecule has 0 saturated carbocycles. The number of hydrogen-bond donors (Lipinski definition) is 0. The van der Waals surface area contributed by atoms with Crippen molar-refractivity contribution in [3.63, 3.8) is 0 Å². The molecule has 0 spiro atoms. The molecule has 0 fully saturated rings. The van der Waals surface area contributed by atoms with Crippen LogP contribution in [0.15, 0.2) is 53.6 Å². The fourth-order valence-electron chi connectivity index (χ4n) is 4.72. The van der Waals surface area contributed by atoms with E-state index in [0.717, 1.165) is 50.0 Å². The molecule has 3 rings (SSSR count). The minimum Gasteiger partial charge on any atom is -0.488 e. The molecule has 1 aliphatic heterocycles. The summed E-state index contributed by atoms with van der Waals surface area (Å²) in [4.78, 5) is 0. The maximum atomic E-state index is 6.73. The van der Waals surface area contributed by atoms with E-state index in [1.807, 2.05) is 6.07 Å². The van der Waals surface area contributed by atoms with E-state index in [2.05, 4.69) is 84.9 Å². The van der Waals surface area contributed by atoms with Crippen LogP contribution in [0.5, 0.6) is 11.5 Å². The number of allylic oxidation sites excluding steroid dienone is 4. The van der Waals surface area contributed by atoms with Crippen molar-refractivity contribution >= 4 is 0 Å². The number of hydrogen-bond acceptors (Lipinski definition) is 2. The van der Waals surface area contributed by atoms with Gasteiger partial charge in [-0.1, -0.05) is 53.6 Å². The second kappa shape index (κ2) is 11.1. The highest BCUT2D eigenvalue weighted by molar-refractivity contribution is 5.59. The van der Waals surface area contributed by atoms with Gasteiger partial charge >= 0.3 is 0 Å². The lowest BCUT2D eigenvalue weighted by Crippen LogP contribution is -2.37. The SMILES string of the molecule is CC(C)=CCCC(C)=CCCC1(C)CCc2c(C)c(OCc3ccccc3)c(C)c(C)c2O1. The monoisotopic (exact) mass is 446 g/mol. The van der Waals surface area contributed by atoms with Gasteiger partial charge in [0, 0.05) is 5.56 Å². The van der Waals surface area contributed by atoms with Crippen LogP contribution in [0.3, 0.4) is 0 Å². The summed E-state index contributed by atoms with van der Waals surface area (Å²) in [5.74, 6) is 2.12. The minimum atomic E-state index is -0.111. The number of benzene rings is 2. The maximum absolute atomic E-state index is 6.73. The molecular formula is C31H42O2. The van der Waals surface area contributed by atoms with Crippen LogP contribution in [0.2, 0.25) is 0 Å². The Balaban J connectivity index is 1.69. The van der Waals surface area contributed by atoms with Gasteiger partial charge < -0.3 is 9.47 Å². The fourth-order valence-corrected chi connectivity index (χ4v) is 4.72. The van der Waals surface area contributed by atoms with Crippen LogP contribution in [0.1, 0.15) is 87.6 Å². The molecule has 0 amide bonds. The van der Waals surface area contributed by atoms with E-state index in [1.165, 1.54) is 39.0 Å². The van der Waals surface area contributed by atoms with Crippen molar-refractivity contribution in [3.8, 4) is 11.5 Å². The highest BCUT2D eigenvalue weighted by Gasteiger charge is 2.34. The molecule has 0 N–H and O–H groups in total. The zero-order chi connectivity index (χ0) is 24.0. The van der Waals surface area contributed by atoms with Gasteiger partial charge in [-0.25, -0.2) is 0 Å². The summed E-state index contributed by atoms with van der Waals surface area (Å²) in [6.45, 7) is 16.0. The van der Waals surface area contributed by atoms with E-state index in [9.17, 15) is 0 Å². The fraction of sp³-hybridized carbons (Fsp3) is 0.484. The third-order valence-corrected chi connectivity index (χ3v) is 7.05. The number of rotatable bonds is 9. The van der Waals surface area contributed by atoms with Crippen molar-refractivity contribution in [2.24, 2.45) is 0 Å². The zero-order valence-corrected chi connectivity index (χ0v) is 21.8. The molecule has 0 saturated heterocycles. The summed E-state index contributed by atoms with van der Waals surface area (Å²) in [5.41, 5.74) is 8.95. The van der Waals surface area contributed by atoms with E-state index in [4.69, 9.17) is 9.47 Å². The first-order chi connectivity index (χ1) is 15.7. The lowest BCUT2D eigenvalue weighted by Gasteiger charge is -2.38. The van der Waals surface area contributed by atoms with Gasteiger partial charge in [-0.2, -0.15) is 0 Å². The zero-order valence-electron chi connectivity index (χ0n) is 21.8. The molecule has 1 heterocycles. The van der Waals surface area contributed by atoms with Gasteiger partial charge in [-0.05, 0) is 109 Å². The van der Waals surface area contributed by atoms with Gasteiger partial charge in [0.1, 0.15) is 23.7 Å². The van der Waals surface area contributed by atoms with Crippen LogP contribution in [-0.2, 0) is 13.0 Å². The van der Waals surface area contributed by atoms with Crippen molar-refractivity contribution in [1.29, 1.82) is 0 Å².